The third-order valence-electron chi connectivity index (χ3n) is 2.63. The van der Waals surface area contributed by atoms with Crippen LogP contribution in [0.5, 0.6) is 0 Å². The third kappa shape index (κ3) is 3.39. The molecule has 3 nitrogen and oxygen atoms in total. The summed E-state index contributed by atoms with van der Waals surface area (Å²) in [4.78, 5) is 12.0. The average molecular weight is 323 g/mol. The van der Waals surface area contributed by atoms with Crippen molar-refractivity contribution in [3.63, 3.8) is 0 Å². The second kappa shape index (κ2) is 5.95. The first-order valence-electron chi connectivity index (χ1n) is 5.64. The highest BCUT2D eigenvalue weighted by molar-refractivity contribution is 9.10. The second-order valence-electron chi connectivity index (χ2n) is 4.01. The maximum atomic E-state index is 13.1. The van der Waals surface area contributed by atoms with Gasteiger partial charge in [0, 0.05) is 5.69 Å². The Kier molecular flexibility index (Phi) is 4.29. The van der Waals surface area contributed by atoms with Crippen LogP contribution >= 0.6 is 15.9 Å². The normalized spacial score (nSPS) is 11.9. The minimum atomic E-state index is -0.759. The van der Waals surface area contributed by atoms with Crippen LogP contribution in [-0.2, 0) is 4.79 Å². The molecule has 0 saturated carbocycles. The number of carbonyl (C=O) groups excluding carboxylic acids is 1. The molecule has 98 valence electrons. The van der Waals surface area contributed by atoms with Gasteiger partial charge in [0.15, 0.2) is 0 Å². The standard InChI is InChI=1S/C14H12BrFN2O/c15-11-8-10(6-7-12(11)16)18-14(19)13(17)9-4-2-1-3-5-9/h1-8,13H,17H2,(H,18,19). The maximum Gasteiger partial charge on any atom is 0.245 e. The fourth-order valence-electron chi connectivity index (χ4n) is 1.61. The summed E-state index contributed by atoms with van der Waals surface area (Å²) in [5.41, 5.74) is 7.07. The number of benzene rings is 2. The Labute approximate surface area is 118 Å². The Morgan fingerprint density at radius 1 is 1.21 bits per heavy atom. The first-order valence-corrected chi connectivity index (χ1v) is 6.43. The number of rotatable bonds is 3. The van der Waals surface area contributed by atoms with Crippen molar-refractivity contribution in [2.75, 3.05) is 5.32 Å². The molecule has 0 aromatic heterocycles. The Hall–Kier alpha value is -1.72. The first-order chi connectivity index (χ1) is 9.08. The second-order valence-corrected chi connectivity index (χ2v) is 4.86. The van der Waals surface area contributed by atoms with Crippen LogP contribution in [-0.4, -0.2) is 5.91 Å². The average Bonchev–Trinajstić information content (AvgIpc) is 2.43. The molecular formula is C14H12BrFN2O. The number of halogens is 2. The molecule has 0 aliphatic carbocycles. The largest absolute Gasteiger partial charge is 0.324 e. The number of carbonyl (C=O) groups is 1. The molecule has 0 fully saturated rings. The molecule has 0 radical (unpaired) electrons. The molecule has 1 unspecified atom stereocenters. The zero-order chi connectivity index (χ0) is 13.8. The minimum Gasteiger partial charge on any atom is -0.324 e. The van der Waals surface area contributed by atoms with E-state index in [9.17, 15) is 9.18 Å². The molecule has 0 aliphatic rings. The van der Waals surface area contributed by atoms with E-state index in [2.05, 4.69) is 21.2 Å². The molecule has 0 bridgehead atoms. The van der Waals surface area contributed by atoms with Crippen molar-refractivity contribution in [3.05, 3.63) is 64.4 Å². The van der Waals surface area contributed by atoms with Crippen LogP contribution < -0.4 is 11.1 Å². The highest BCUT2D eigenvalue weighted by Crippen LogP contribution is 2.21. The Balaban J connectivity index is 2.10. The fraction of sp³-hybridized carbons (Fsp3) is 0.0714. The van der Waals surface area contributed by atoms with Crippen LogP contribution in [0.2, 0.25) is 0 Å². The van der Waals surface area contributed by atoms with E-state index in [0.717, 1.165) is 5.56 Å². The molecule has 0 spiro atoms. The molecule has 5 heteroatoms. The SMILES string of the molecule is NC(C(=O)Nc1ccc(F)c(Br)c1)c1ccccc1. The number of hydrogen-bond acceptors (Lipinski definition) is 2. The Bertz CT molecular complexity index is 589. The van der Waals surface area contributed by atoms with Crippen molar-refractivity contribution in [1.82, 2.24) is 0 Å². The summed E-state index contributed by atoms with van der Waals surface area (Å²) in [6.45, 7) is 0. The molecule has 2 aromatic carbocycles. The predicted octanol–water partition coefficient (Wildman–Crippen LogP) is 3.23. The smallest absolute Gasteiger partial charge is 0.245 e. The number of nitrogens with one attached hydrogen (secondary N) is 1. The number of nitrogens with two attached hydrogens (primary N) is 1. The van der Waals surface area contributed by atoms with Crippen LogP contribution in [0.25, 0.3) is 0 Å². The monoisotopic (exact) mass is 322 g/mol. The highest BCUT2D eigenvalue weighted by atomic mass is 79.9. The van der Waals surface area contributed by atoms with Crippen molar-refractivity contribution in [2.45, 2.75) is 6.04 Å². The number of anilines is 1. The van der Waals surface area contributed by atoms with Crippen LogP contribution in [0.3, 0.4) is 0 Å². The summed E-state index contributed by atoms with van der Waals surface area (Å²) < 4.78 is 13.4. The van der Waals surface area contributed by atoms with Crippen molar-refractivity contribution in [2.24, 2.45) is 5.73 Å². The maximum absolute atomic E-state index is 13.1. The molecule has 2 aromatic rings. The summed E-state index contributed by atoms with van der Waals surface area (Å²) in [5.74, 6) is -0.727. The van der Waals surface area contributed by atoms with Crippen molar-refractivity contribution < 1.29 is 9.18 Å². The lowest BCUT2D eigenvalue weighted by Crippen LogP contribution is -2.27. The van der Waals surface area contributed by atoms with Gasteiger partial charge < -0.3 is 11.1 Å². The van der Waals surface area contributed by atoms with Crippen molar-refractivity contribution >= 4 is 27.5 Å². The summed E-state index contributed by atoms with van der Waals surface area (Å²) in [6, 6.07) is 12.5. The quantitative estimate of drug-likeness (QED) is 0.911. The molecule has 1 atom stereocenters. The molecule has 0 heterocycles. The van der Waals surface area contributed by atoms with E-state index >= 15 is 0 Å². The van der Waals surface area contributed by atoms with Gasteiger partial charge in [-0.15, -0.1) is 0 Å². The topological polar surface area (TPSA) is 55.1 Å². The lowest BCUT2D eigenvalue weighted by molar-refractivity contribution is -0.117. The minimum absolute atomic E-state index is 0.290. The van der Waals surface area contributed by atoms with Gasteiger partial charge in [-0.3, -0.25) is 4.79 Å². The van der Waals surface area contributed by atoms with Gasteiger partial charge in [-0.2, -0.15) is 0 Å². The summed E-state index contributed by atoms with van der Waals surface area (Å²) >= 11 is 3.06. The van der Waals surface area contributed by atoms with E-state index < -0.39 is 6.04 Å². The molecule has 3 N–H and O–H groups in total. The van der Waals surface area contributed by atoms with E-state index in [4.69, 9.17) is 5.73 Å². The van der Waals surface area contributed by atoms with Crippen LogP contribution in [0.4, 0.5) is 10.1 Å². The van der Waals surface area contributed by atoms with Crippen molar-refractivity contribution in [3.8, 4) is 0 Å². The van der Waals surface area contributed by atoms with Crippen molar-refractivity contribution in [1.29, 1.82) is 0 Å². The molecule has 19 heavy (non-hydrogen) atoms. The van der Waals surface area contributed by atoms with Gasteiger partial charge in [0.2, 0.25) is 5.91 Å². The number of amides is 1. The van der Waals surface area contributed by atoms with Crippen LogP contribution in [0, 0.1) is 5.82 Å². The van der Waals surface area contributed by atoms with E-state index in [1.54, 1.807) is 12.1 Å². The summed E-state index contributed by atoms with van der Waals surface area (Å²) in [5, 5.41) is 2.65. The van der Waals surface area contributed by atoms with Gasteiger partial charge >= 0.3 is 0 Å². The molecular weight excluding hydrogens is 311 g/mol. The lowest BCUT2D eigenvalue weighted by atomic mass is 10.1. The summed E-state index contributed by atoms with van der Waals surface area (Å²) in [6.07, 6.45) is 0. The van der Waals surface area contributed by atoms with Gasteiger partial charge in [0.25, 0.3) is 0 Å². The zero-order valence-electron chi connectivity index (χ0n) is 9.94. The molecule has 1 amide bonds. The van der Waals surface area contributed by atoms with E-state index in [1.807, 2.05) is 18.2 Å². The van der Waals surface area contributed by atoms with Gasteiger partial charge in [0.1, 0.15) is 11.9 Å². The van der Waals surface area contributed by atoms with E-state index in [0.29, 0.717) is 10.2 Å². The lowest BCUT2D eigenvalue weighted by Gasteiger charge is -2.12. The van der Waals surface area contributed by atoms with Gasteiger partial charge in [-0.1, -0.05) is 30.3 Å². The first kappa shape index (κ1) is 13.7. The van der Waals surface area contributed by atoms with Gasteiger partial charge in [0.05, 0.1) is 4.47 Å². The zero-order valence-corrected chi connectivity index (χ0v) is 11.5. The molecule has 0 saturated heterocycles. The third-order valence-corrected chi connectivity index (χ3v) is 3.24. The van der Waals surface area contributed by atoms with Gasteiger partial charge in [-0.25, -0.2) is 4.39 Å². The fourth-order valence-corrected chi connectivity index (χ4v) is 1.98. The molecule has 0 aliphatic heterocycles. The molecule has 2 rings (SSSR count). The van der Waals surface area contributed by atoms with Crippen LogP contribution in [0.1, 0.15) is 11.6 Å². The highest BCUT2D eigenvalue weighted by Gasteiger charge is 2.15. The Morgan fingerprint density at radius 2 is 1.89 bits per heavy atom. The predicted molar refractivity (Wildman–Crippen MR) is 76.1 cm³/mol. The van der Waals surface area contributed by atoms with E-state index in [1.165, 1.54) is 18.2 Å². The number of hydrogen-bond donors (Lipinski definition) is 2. The van der Waals surface area contributed by atoms with E-state index in [-0.39, 0.29) is 11.7 Å². The Morgan fingerprint density at radius 3 is 2.53 bits per heavy atom. The van der Waals surface area contributed by atoms with Crippen LogP contribution in [0.15, 0.2) is 53.0 Å². The summed E-state index contributed by atoms with van der Waals surface area (Å²) in [7, 11) is 0. The van der Waals surface area contributed by atoms with Gasteiger partial charge in [-0.05, 0) is 39.7 Å².